The second-order valence-corrected chi connectivity index (χ2v) is 9.62. The molecule has 4 rings (SSSR count). The molecule has 2 heterocycles. The van der Waals surface area contributed by atoms with Gasteiger partial charge < -0.3 is 4.90 Å². The number of piperidine rings is 1. The van der Waals surface area contributed by atoms with Crippen LogP contribution < -0.4 is 4.90 Å². The predicted octanol–water partition coefficient (Wildman–Crippen LogP) is 4.89. The van der Waals surface area contributed by atoms with Crippen LogP contribution in [0.1, 0.15) is 72.1 Å². The Balaban J connectivity index is 1.56. The molecule has 0 radical (unpaired) electrons. The van der Waals surface area contributed by atoms with Gasteiger partial charge in [-0.2, -0.15) is 0 Å². The van der Waals surface area contributed by atoms with Crippen LogP contribution in [0.5, 0.6) is 0 Å². The van der Waals surface area contributed by atoms with Crippen LogP contribution in [0.15, 0.2) is 17.3 Å². The van der Waals surface area contributed by atoms with Crippen molar-refractivity contribution < 1.29 is 4.79 Å². The zero-order chi connectivity index (χ0) is 19.8. The standard InChI is InChI=1S/C22H30N4OS/c1-14-12-16(3)19(13-15(14)2)20(27)17(4)28-22-24-23-21(26(22)18-8-9-18)25-10-6-5-7-11-25/h12-13,17-18H,5-11H2,1-4H3. The fraction of sp³-hybridized carbons (Fsp3) is 0.591. The maximum atomic E-state index is 13.1. The van der Waals surface area contributed by atoms with Crippen molar-refractivity contribution in [1.82, 2.24) is 14.8 Å². The second-order valence-electron chi connectivity index (χ2n) is 8.31. The number of carbonyl (C=O) groups is 1. The van der Waals surface area contributed by atoms with E-state index < -0.39 is 0 Å². The molecule has 28 heavy (non-hydrogen) atoms. The van der Waals surface area contributed by atoms with Gasteiger partial charge in [-0.1, -0.05) is 17.8 Å². The number of aryl methyl sites for hydroxylation is 3. The number of aromatic nitrogens is 3. The Morgan fingerprint density at radius 1 is 1.04 bits per heavy atom. The molecule has 1 aromatic heterocycles. The van der Waals surface area contributed by atoms with Gasteiger partial charge in [0, 0.05) is 24.7 Å². The van der Waals surface area contributed by atoms with E-state index in [1.807, 2.05) is 19.9 Å². The number of nitrogens with zero attached hydrogens (tertiary/aromatic N) is 4. The lowest BCUT2D eigenvalue weighted by Gasteiger charge is -2.28. The van der Waals surface area contributed by atoms with Gasteiger partial charge in [0.1, 0.15) is 0 Å². The first kappa shape index (κ1) is 19.5. The van der Waals surface area contributed by atoms with Gasteiger partial charge in [-0.15, -0.1) is 10.2 Å². The van der Waals surface area contributed by atoms with Gasteiger partial charge in [0.15, 0.2) is 10.9 Å². The minimum atomic E-state index is -0.184. The molecule has 2 aliphatic rings. The lowest BCUT2D eigenvalue weighted by molar-refractivity contribution is 0.0993. The fourth-order valence-corrected chi connectivity index (χ4v) is 4.95. The molecule has 1 unspecified atom stereocenters. The van der Waals surface area contributed by atoms with Crippen molar-refractivity contribution in [2.24, 2.45) is 0 Å². The molecule has 0 spiro atoms. The van der Waals surface area contributed by atoms with E-state index in [2.05, 4.69) is 39.6 Å². The molecule has 1 saturated carbocycles. The first-order valence-electron chi connectivity index (χ1n) is 10.4. The zero-order valence-corrected chi connectivity index (χ0v) is 18.2. The molecule has 0 bridgehead atoms. The Kier molecular flexibility index (Phi) is 5.50. The molecule has 1 atom stereocenters. The van der Waals surface area contributed by atoms with E-state index in [0.29, 0.717) is 6.04 Å². The van der Waals surface area contributed by atoms with Crippen LogP contribution in [0.4, 0.5) is 5.95 Å². The van der Waals surface area contributed by atoms with Crippen LogP contribution in [0.25, 0.3) is 0 Å². The molecule has 150 valence electrons. The van der Waals surface area contributed by atoms with Crippen molar-refractivity contribution >= 4 is 23.5 Å². The molecule has 1 aliphatic heterocycles. The van der Waals surface area contributed by atoms with Crippen LogP contribution >= 0.6 is 11.8 Å². The third-order valence-corrected chi connectivity index (χ3v) is 7.01. The normalized spacial score (nSPS) is 18.4. The van der Waals surface area contributed by atoms with E-state index in [1.165, 1.54) is 43.2 Å². The van der Waals surface area contributed by atoms with Gasteiger partial charge in [0.25, 0.3) is 0 Å². The SMILES string of the molecule is Cc1cc(C)c(C(=O)C(C)Sc2nnc(N3CCCCC3)n2C2CC2)cc1C. The number of hydrogen-bond acceptors (Lipinski definition) is 5. The van der Waals surface area contributed by atoms with Gasteiger partial charge in [-0.3, -0.25) is 9.36 Å². The third kappa shape index (κ3) is 3.84. The summed E-state index contributed by atoms with van der Waals surface area (Å²) in [6, 6.07) is 4.65. The Hall–Kier alpha value is -1.82. The number of benzene rings is 1. The molecule has 1 saturated heterocycles. The zero-order valence-electron chi connectivity index (χ0n) is 17.4. The maximum absolute atomic E-state index is 13.1. The van der Waals surface area contributed by atoms with Crippen molar-refractivity contribution in [3.63, 3.8) is 0 Å². The summed E-state index contributed by atoms with van der Waals surface area (Å²) in [4.78, 5) is 15.5. The summed E-state index contributed by atoms with van der Waals surface area (Å²) in [6.07, 6.45) is 6.12. The van der Waals surface area contributed by atoms with Crippen molar-refractivity contribution in [2.45, 2.75) is 76.2 Å². The topological polar surface area (TPSA) is 51.0 Å². The first-order valence-corrected chi connectivity index (χ1v) is 11.3. The van der Waals surface area contributed by atoms with E-state index in [4.69, 9.17) is 0 Å². The third-order valence-electron chi connectivity index (χ3n) is 5.96. The van der Waals surface area contributed by atoms with Crippen LogP contribution in [0.3, 0.4) is 0 Å². The summed E-state index contributed by atoms with van der Waals surface area (Å²) in [5.41, 5.74) is 4.28. The molecule has 5 nitrogen and oxygen atoms in total. The summed E-state index contributed by atoms with van der Waals surface area (Å²) < 4.78 is 2.30. The van der Waals surface area contributed by atoms with E-state index in [9.17, 15) is 4.79 Å². The van der Waals surface area contributed by atoms with Crippen molar-refractivity contribution in [3.8, 4) is 0 Å². The highest BCUT2D eigenvalue weighted by atomic mass is 32.2. The lowest BCUT2D eigenvalue weighted by atomic mass is 9.97. The minimum absolute atomic E-state index is 0.176. The average molecular weight is 399 g/mol. The molecule has 2 fully saturated rings. The first-order chi connectivity index (χ1) is 13.5. The number of rotatable bonds is 6. The Morgan fingerprint density at radius 2 is 1.71 bits per heavy atom. The molecular formula is C22H30N4OS. The van der Waals surface area contributed by atoms with Gasteiger partial charge >= 0.3 is 0 Å². The number of Topliss-reactive ketones (excluding diaryl/α,β-unsaturated/α-hetero) is 1. The molecule has 0 amide bonds. The Bertz CT molecular complexity index is 881. The average Bonchev–Trinajstić information content (AvgIpc) is 3.45. The quantitative estimate of drug-likeness (QED) is 0.512. The Labute approximate surface area is 171 Å². The molecular weight excluding hydrogens is 368 g/mol. The van der Waals surface area contributed by atoms with Gasteiger partial charge in [-0.25, -0.2) is 0 Å². The summed E-state index contributed by atoms with van der Waals surface area (Å²) in [5.74, 6) is 1.18. The number of carbonyl (C=O) groups excluding carboxylic acids is 1. The van der Waals surface area contributed by atoms with Gasteiger partial charge in [0.2, 0.25) is 5.95 Å². The van der Waals surface area contributed by atoms with Gasteiger partial charge in [0.05, 0.1) is 5.25 Å². The largest absolute Gasteiger partial charge is 0.341 e. The molecule has 2 aromatic rings. The molecule has 0 N–H and O–H groups in total. The van der Waals surface area contributed by atoms with Crippen LogP contribution in [-0.2, 0) is 0 Å². The van der Waals surface area contributed by atoms with Crippen molar-refractivity contribution in [2.75, 3.05) is 18.0 Å². The summed E-state index contributed by atoms with van der Waals surface area (Å²) in [6.45, 7) is 10.3. The smallest absolute Gasteiger partial charge is 0.228 e. The maximum Gasteiger partial charge on any atom is 0.228 e. The highest BCUT2D eigenvalue weighted by Gasteiger charge is 2.33. The molecule has 6 heteroatoms. The molecule has 1 aliphatic carbocycles. The highest BCUT2D eigenvalue weighted by molar-refractivity contribution is 8.00. The summed E-state index contributed by atoms with van der Waals surface area (Å²) in [5, 5.41) is 9.75. The van der Waals surface area contributed by atoms with Crippen LogP contribution in [-0.4, -0.2) is 38.9 Å². The van der Waals surface area contributed by atoms with E-state index >= 15 is 0 Å². The number of hydrogen-bond donors (Lipinski definition) is 0. The number of anilines is 1. The van der Waals surface area contributed by atoms with E-state index in [-0.39, 0.29) is 11.0 Å². The minimum Gasteiger partial charge on any atom is -0.341 e. The lowest BCUT2D eigenvalue weighted by Crippen LogP contribution is -2.32. The van der Waals surface area contributed by atoms with Crippen LogP contribution in [0, 0.1) is 20.8 Å². The van der Waals surface area contributed by atoms with E-state index in [0.717, 1.165) is 35.3 Å². The van der Waals surface area contributed by atoms with E-state index in [1.54, 1.807) is 11.8 Å². The van der Waals surface area contributed by atoms with Gasteiger partial charge in [-0.05, 0) is 82.6 Å². The molecule has 1 aromatic carbocycles. The number of thioether (sulfide) groups is 1. The monoisotopic (exact) mass is 398 g/mol. The van der Waals surface area contributed by atoms with Crippen molar-refractivity contribution in [1.29, 1.82) is 0 Å². The highest BCUT2D eigenvalue weighted by Crippen LogP contribution is 2.42. The van der Waals surface area contributed by atoms with Crippen molar-refractivity contribution in [3.05, 3.63) is 34.4 Å². The predicted molar refractivity (Wildman–Crippen MR) is 115 cm³/mol. The summed E-state index contributed by atoms with van der Waals surface area (Å²) >= 11 is 1.56. The summed E-state index contributed by atoms with van der Waals surface area (Å²) in [7, 11) is 0. The Morgan fingerprint density at radius 3 is 2.39 bits per heavy atom. The van der Waals surface area contributed by atoms with Crippen LogP contribution in [0.2, 0.25) is 0 Å². The second kappa shape index (κ2) is 7.90. The number of ketones is 1. The fourth-order valence-electron chi connectivity index (χ4n) is 3.97.